The van der Waals surface area contributed by atoms with Gasteiger partial charge in [-0.1, -0.05) is 30.3 Å². The fourth-order valence-corrected chi connectivity index (χ4v) is 3.23. The lowest BCUT2D eigenvalue weighted by Gasteiger charge is -2.16. The third kappa shape index (κ3) is 4.67. The SMILES string of the molecule is C[C@@H](Cc1ccccc1F)NCc1ccc(C(=O)N2CCCC2)cc1. The summed E-state index contributed by atoms with van der Waals surface area (Å²) in [4.78, 5) is 14.3. The van der Waals surface area contributed by atoms with E-state index >= 15 is 0 Å². The van der Waals surface area contributed by atoms with E-state index in [2.05, 4.69) is 12.2 Å². The zero-order chi connectivity index (χ0) is 17.6. The molecule has 1 N–H and O–H groups in total. The highest BCUT2D eigenvalue weighted by Crippen LogP contribution is 2.14. The van der Waals surface area contributed by atoms with Crippen molar-refractivity contribution in [3.05, 3.63) is 71.0 Å². The lowest BCUT2D eigenvalue weighted by Crippen LogP contribution is -2.28. The van der Waals surface area contributed by atoms with Crippen molar-refractivity contribution in [1.29, 1.82) is 0 Å². The standard InChI is InChI=1S/C21H25FN2O/c1-16(14-19-6-2-3-7-20(19)22)23-15-17-8-10-18(11-9-17)21(25)24-12-4-5-13-24/h2-3,6-11,16,23H,4-5,12-15H2,1H3/t16-/m0/s1. The predicted octanol–water partition coefficient (Wildman–Crippen LogP) is 3.78. The largest absolute Gasteiger partial charge is 0.339 e. The van der Waals surface area contributed by atoms with Crippen molar-refractivity contribution in [3.63, 3.8) is 0 Å². The van der Waals surface area contributed by atoms with Gasteiger partial charge in [0.2, 0.25) is 0 Å². The van der Waals surface area contributed by atoms with Crippen LogP contribution in [0.25, 0.3) is 0 Å². The van der Waals surface area contributed by atoms with Crippen LogP contribution in [0.15, 0.2) is 48.5 Å². The smallest absolute Gasteiger partial charge is 0.253 e. The number of rotatable bonds is 6. The van der Waals surface area contributed by atoms with Crippen molar-refractivity contribution >= 4 is 5.91 Å². The fraction of sp³-hybridized carbons (Fsp3) is 0.381. The molecular weight excluding hydrogens is 315 g/mol. The van der Waals surface area contributed by atoms with Crippen molar-refractivity contribution in [2.24, 2.45) is 0 Å². The quantitative estimate of drug-likeness (QED) is 0.868. The van der Waals surface area contributed by atoms with E-state index in [1.165, 1.54) is 6.07 Å². The Morgan fingerprint density at radius 3 is 2.48 bits per heavy atom. The van der Waals surface area contributed by atoms with Gasteiger partial charge in [0.25, 0.3) is 5.91 Å². The summed E-state index contributed by atoms with van der Waals surface area (Å²) < 4.78 is 13.7. The third-order valence-electron chi connectivity index (χ3n) is 4.73. The average molecular weight is 340 g/mol. The molecule has 4 heteroatoms. The van der Waals surface area contributed by atoms with Gasteiger partial charge in [0.1, 0.15) is 5.82 Å². The number of likely N-dealkylation sites (tertiary alicyclic amines) is 1. The van der Waals surface area contributed by atoms with Crippen LogP contribution in [0, 0.1) is 5.82 Å². The van der Waals surface area contributed by atoms with Crippen LogP contribution >= 0.6 is 0 Å². The summed E-state index contributed by atoms with van der Waals surface area (Å²) in [5.74, 6) is -0.0224. The fourth-order valence-electron chi connectivity index (χ4n) is 3.23. The number of nitrogens with one attached hydrogen (secondary N) is 1. The number of nitrogens with zero attached hydrogens (tertiary/aromatic N) is 1. The Kier molecular flexibility index (Phi) is 5.82. The molecular formula is C21H25FN2O. The lowest BCUT2D eigenvalue weighted by atomic mass is 10.1. The van der Waals surface area contributed by atoms with Crippen LogP contribution in [-0.2, 0) is 13.0 Å². The first-order valence-electron chi connectivity index (χ1n) is 8.98. The topological polar surface area (TPSA) is 32.3 Å². The molecule has 1 amide bonds. The van der Waals surface area contributed by atoms with Gasteiger partial charge in [-0.25, -0.2) is 4.39 Å². The highest BCUT2D eigenvalue weighted by molar-refractivity contribution is 5.94. The summed E-state index contributed by atoms with van der Waals surface area (Å²) in [6, 6.07) is 14.9. The molecule has 3 rings (SSSR count). The Hall–Kier alpha value is -2.20. The second-order valence-corrected chi connectivity index (χ2v) is 6.77. The number of carbonyl (C=O) groups is 1. The minimum absolute atomic E-state index is 0.130. The molecule has 1 saturated heterocycles. The minimum atomic E-state index is -0.152. The summed E-state index contributed by atoms with van der Waals surface area (Å²) in [5, 5.41) is 3.42. The van der Waals surface area contributed by atoms with E-state index in [0.717, 1.165) is 42.6 Å². The molecule has 132 valence electrons. The maximum Gasteiger partial charge on any atom is 0.253 e. The van der Waals surface area contributed by atoms with E-state index in [0.29, 0.717) is 13.0 Å². The van der Waals surface area contributed by atoms with Crippen molar-refractivity contribution in [2.75, 3.05) is 13.1 Å². The molecule has 2 aromatic rings. The molecule has 0 unspecified atom stereocenters. The molecule has 1 fully saturated rings. The molecule has 0 bridgehead atoms. The molecule has 3 nitrogen and oxygen atoms in total. The van der Waals surface area contributed by atoms with Gasteiger partial charge in [0.05, 0.1) is 0 Å². The molecule has 1 atom stereocenters. The molecule has 25 heavy (non-hydrogen) atoms. The molecule has 1 aliphatic heterocycles. The van der Waals surface area contributed by atoms with E-state index < -0.39 is 0 Å². The normalized spacial score (nSPS) is 15.4. The average Bonchev–Trinajstić information content (AvgIpc) is 3.16. The van der Waals surface area contributed by atoms with Gasteiger partial charge in [0.15, 0.2) is 0 Å². The number of amides is 1. The molecule has 1 heterocycles. The predicted molar refractivity (Wildman–Crippen MR) is 98.0 cm³/mol. The monoisotopic (exact) mass is 340 g/mol. The summed E-state index contributed by atoms with van der Waals surface area (Å²) in [7, 11) is 0. The zero-order valence-corrected chi connectivity index (χ0v) is 14.7. The Morgan fingerprint density at radius 1 is 1.12 bits per heavy atom. The minimum Gasteiger partial charge on any atom is -0.339 e. The summed E-state index contributed by atoms with van der Waals surface area (Å²) in [6.07, 6.45) is 2.86. The van der Waals surface area contributed by atoms with Crippen LogP contribution in [0.2, 0.25) is 0 Å². The Labute approximate surface area is 148 Å². The van der Waals surface area contributed by atoms with E-state index in [1.54, 1.807) is 6.07 Å². The number of hydrogen-bond donors (Lipinski definition) is 1. The van der Waals surface area contributed by atoms with E-state index in [1.807, 2.05) is 41.3 Å². The van der Waals surface area contributed by atoms with Gasteiger partial charge in [-0.3, -0.25) is 4.79 Å². The van der Waals surface area contributed by atoms with Crippen LogP contribution in [0.3, 0.4) is 0 Å². The molecule has 0 radical (unpaired) electrons. The van der Waals surface area contributed by atoms with Crippen LogP contribution < -0.4 is 5.32 Å². The van der Waals surface area contributed by atoms with Crippen LogP contribution in [0.5, 0.6) is 0 Å². The van der Waals surface area contributed by atoms with Crippen molar-refractivity contribution < 1.29 is 9.18 Å². The van der Waals surface area contributed by atoms with Crippen LogP contribution in [0.4, 0.5) is 4.39 Å². The first kappa shape index (κ1) is 17.6. The Morgan fingerprint density at radius 2 is 1.80 bits per heavy atom. The van der Waals surface area contributed by atoms with Gasteiger partial charge >= 0.3 is 0 Å². The number of benzene rings is 2. The number of carbonyl (C=O) groups excluding carboxylic acids is 1. The van der Waals surface area contributed by atoms with Crippen molar-refractivity contribution in [1.82, 2.24) is 10.2 Å². The van der Waals surface area contributed by atoms with E-state index in [4.69, 9.17) is 0 Å². The molecule has 2 aromatic carbocycles. The van der Waals surface area contributed by atoms with Gasteiger partial charge in [-0.2, -0.15) is 0 Å². The lowest BCUT2D eigenvalue weighted by molar-refractivity contribution is 0.0793. The third-order valence-corrected chi connectivity index (χ3v) is 4.73. The first-order chi connectivity index (χ1) is 12.1. The van der Waals surface area contributed by atoms with Gasteiger partial charge < -0.3 is 10.2 Å². The molecule has 0 spiro atoms. The Bertz CT molecular complexity index is 708. The zero-order valence-electron chi connectivity index (χ0n) is 14.7. The Balaban J connectivity index is 1.51. The van der Waals surface area contributed by atoms with Crippen molar-refractivity contribution in [2.45, 2.75) is 38.8 Å². The second-order valence-electron chi connectivity index (χ2n) is 6.77. The maximum atomic E-state index is 13.7. The second kappa shape index (κ2) is 8.26. The van der Waals surface area contributed by atoms with Crippen LogP contribution in [0.1, 0.15) is 41.3 Å². The first-order valence-corrected chi connectivity index (χ1v) is 8.98. The van der Waals surface area contributed by atoms with Crippen molar-refractivity contribution in [3.8, 4) is 0 Å². The van der Waals surface area contributed by atoms with Gasteiger partial charge in [-0.15, -0.1) is 0 Å². The summed E-state index contributed by atoms with van der Waals surface area (Å²) >= 11 is 0. The number of hydrogen-bond acceptors (Lipinski definition) is 2. The van der Waals surface area contributed by atoms with Gasteiger partial charge in [-0.05, 0) is 55.5 Å². The highest BCUT2D eigenvalue weighted by Gasteiger charge is 2.19. The molecule has 0 aromatic heterocycles. The number of halogens is 1. The van der Waals surface area contributed by atoms with Gasteiger partial charge in [0, 0.05) is 31.2 Å². The summed E-state index contributed by atoms with van der Waals surface area (Å²) in [5.41, 5.74) is 2.61. The maximum absolute atomic E-state index is 13.7. The highest BCUT2D eigenvalue weighted by atomic mass is 19.1. The van der Waals surface area contributed by atoms with E-state index in [9.17, 15) is 9.18 Å². The van der Waals surface area contributed by atoms with Crippen LogP contribution in [-0.4, -0.2) is 29.9 Å². The molecule has 0 aliphatic carbocycles. The summed E-state index contributed by atoms with van der Waals surface area (Å²) in [6.45, 7) is 4.50. The van der Waals surface area contributed by atoms with E-state index in [-0.39, 0.29) is 17.8 Å². The molecule has 1 aliphatic rings. The molecule has 0 saturated carbocycles.